The Morgan fingerprint density at radius 2 is 2.03 bits per heavy atom. The van der Waals surface area contributed by atoms with Crippen LogP contribution in [0, 0.1) is 0 Å². The van der Waals surface area contributed by atoms with E-state index in [1.54, 1.807) is 29.3 Å². The summed E-state index contributed by atoms with van der Waals surface area (Å²) in [6.45, 7) is 0.767. The summed E-state index contributed by atoms with van der Waals surface area (Å²) in [5.41, 5.74) is 4.05. The molecule has 0 radical (unpaired) electrons. The number of thioether (sulfide) groups is 1. The van der Waals surface area contributed by atoms with Gasteiger partial charge in [-0.15, -0.1) is 23.1 Å². The van der Waals surface area contributed by atoms with Gasteiger partial charge in [-0.3, -0.25) is 4.79 Å². The zero-order valence-electron chi connectivity index (χ0n) is 17.4. The van der Waals surface area contributed by atoms with Gasteiger partial charge in [-0.05, 0) is 34.2 Å². The summed E-state index contributed by atoms with van der Waals surface area (Å²) in [5, 5.41) is 1.70. The molecule has 3 aromatic rings. The van der Waals surface area contributed by atoms with Crippen LogP contribution < -0.4 is 9.46 Å². The molecule has 1 aromatic heterocycles. The van der Waals surface area contributed by atoms with Crippen molar-refractivity contribution in [2.75, 3.05) is 19.4 Å². The van der Waals surface area contributed by atoms with Crippen molar-refractivity contribution in [3.63, 3.8) is 0 Å². The van der Waals surface area contributed by atoms with Crippen LogP contribution in [0.15, 0.2) is 64.2 Å². The third kappa shape index (κ3) is 5.17. The molecule has 0 amide bonds. The maximum Gasteiger partial charge on any atom is 0.309 e. The van der Waals surface area contributed by atoms with Crippen LogP contribution in [0.5, 0.6) is 5.75 Å². The largest absolute Gasteiger partial charge is 0.489 e. The molecule has 0 bridgehead atoms. The Bertz CT molecular complexity index is 1190. The molecule has 2 aromatic carbocycles. The molecule has 32 heavy (non-hydrogen) atoms. The first kappa shape index (κ1) is 22.8. The van der Waals surface area contributed by atoms with Crippen LogP contribution in [0.25, 0.3) is 0 Å². The minimum absolute atomic E-state index is 0.0486. The highest BCUT2D eigenvalue weighted by molar-refractivity contribution is 7.99. The van der Waals surface area contributed by atoms with Gasteiger partial charge in [0.1, 0.15) is 16.6 Å². The molecule has 0 saturated heterocycles. The van der Waals surface area contributed by atoms with E-state index in [1.807, 2.05) is 36.4 Å². The molecule has 2 heterocycles. The van der Waals surface area contributed by atoms with Gasteiger partial charge in [-0.2, -0.15) is 0 Å². The molecular weight excluding hydrogens is 466 g/mol. The first-order valence-electron chi connectivity index (χ1n) is 10.0. The van der Waals surface area contributed by atoms with Crippen LogP contribution in [-0.2, 0) is 32.6 Å². The molecule has 1 aliphatic heterocycles. The number of benzene rings is 2. The summed E-state index contributed by atoms with van der Waals surface area (Å²) in [5.74, 6) is 1.04. The van der Waals surface area contributed by atoms with Gasteiger partial charge in [-0.25, -0.2) is 13.1 Å². The number of hydrogen-bond acceptors (Lipinski definition) is 7. The Morgan fingerprint density at radius 1 is 1.19 bits per heavy atom. The Hall–Kier alpha value is -2.33. The molecule has 0 aliphatic carbocycles. The number of sulfonamides is 1. The lowest BCUT2D eigenvalue weighted by Gasteiger charge is -2.19. The number of carbonyl (C=O) groups is 1. The minimum atomic E-state index is -3.49. The molecule has 1 atom stereocenters. The van der Waals surface area contributed by atoms with E-state index in [9.17, 15) is 13.2 Å². The molecule has 168 valence electrons. The van der Waals surface area contributed by atoms with Gasteiger partial charge in [0.25, 0.3) is 0 Å². The first-order valence-corrected chi connectivity index (χ1v) is 13.4. The van der Waals surface area contributed by atoms with Gasteiger partial charge in [0.05, 0.1) is 18.8 Å². The second-order valence-electron chi connectivity index (χ2n) is 7.19. The molecule has 9 heteroatoms. The lowest BCUT2D eigenvalue weighted by molar-refractivity contribution is -0.139. The molecule has 4 rings (SSSR count). The van der Waals surface area contributed by atoms with Gasteiger partial charge in [0.2, 0.25) is 10.0 Å². The molecule has 0 spiro atoms. The third-order valence-corrected chi connectivity index (χ3v) is 9.23. The van der Waals surface area contributed by atoms with Crippen molar-refractivity contribution in [2.45, 2.75) is 22.5 Å². The summed E-state index contributed by atoms with van der Waals surface area (Å²) < 4.78 is 38.7. The minimum Gasteiger partial charge on any atom is -0.489 e. The zero-order valence-corrected chi connectivity index (χ0v) is 19.9. The highest BCUT2D eigenvalue weighted by Crippen LogP contribution is 2.44. The summed E-state index contributed by atoms with van der Waals surface area (Å²) >= 11 is 2.84. The van der Waals surface area contributed by atoms with E-state index in [1.165, 1.54) is 18.4 Å². The normalized spacial score (nSPS) is 15.2. The molecular formula is C23H23NO5S3. The lowest BCUT2D eigenvalue weighted by atomic mass is 9.98. The molecule has 1 aliphatic rings. The Labute approximate surface area is 196 Å². The van der Waals surface area contributed by atoms with E-state index >= 15 is 0 Å². The predicted octanol–water partition coefficient (Wildman–Crippen LogP) is 4.16. The van der Waals surface area contributed by atoms with E-state index in [0.29, 0.717) is 23.1 Å². The van der Waals surface area contributed by atoms with Crippen molar-refractivity contribution in [3.8, 4) is 5.75 Å². The lowest BCUT2D eigenvalue weighted by Crippen LogP contribution is -2.25. The number of nitrogens with one attached hydrogen (secondary N) is 1. The van der Waals surface area contributed by atoms with Crippen LogP contribution in [0.3, 0.4) is 0 Å². The van der Waals surface area contributed by atoms with Crippen molar-refractivity contribution in [1.29, 1.82) is 0 Å². The van der Waals surface area contributed by atoms with Crippen molar-refractivity contribution < 1.29 is 22.7 Å². The summed E-state index contributed by atoms with van der Waals surface area (Å²) in [6, 6.07) is 17.2. The van der Waals surface area contributed by atoms with E-state index in [2.05, 4.69) is 10.8 Å². The van der Waals surface area contributed by atoms with Crippen LogP contribution in [0.1, 0.15) is 27.5 Å². The van der Waals surface area contributed by atoms with Gasteiger partial charge < -0.3 is 9.47 Å². The van der Waals surface area contributed by atoms with E-state index in [-0.39, 0.29) is 17.6 Å². The maximum atomic E-state index is 12.4. The number of carbonyl (C=O) groups excluding carboxylic acids is 1. The summed E-state index contributed by atoms with van der Waals surface area (Å²) in [6.07, 6.45) is 0.184. The fourth-order valence-corrected chi connectivity index (χ4v) is 6.97. The molecule has 0 saturated carbocycles. The van der Waals surface area contributed by atoms with Gasteiger partial charge in [0, 0.05) is 17.9 Å². The van der Waals surface area contributed by atoms with Gasteiger partial charge in [0.15, 0.2) is 0 Å². The van der Waals surface area contributed by atoms with Crippen LogP contribution in [0.4, 0.5) is 0 Å². The molecule has 0 fully saturated rings. The zero-order chi connectivity index (χ0) is 22.6. The molecule has 6 nitrogen and oxygen atoms in total. The Morgan fingerprint density at radius 3 is 2.81 bits per heavy atom. The highest BCUT2D eigenvalue weighted by atomic mass is 32.2. The van der Waals surface area contributed by atoms with E-state index < -0.39 is 10.0 Å². The average Bonchev–Trinajstić information content (AvgIpc) is 3.30. The second kappa shape index (κ2) is 10.1. The SMILES string of the molecule is COC(=O)Cc1ccc2c(c1)C(SCCNS(=O)(=O)c1cccs1)c1ccccc1CO2. The number of esters is 1. The fraction of sp³-hybridized carbons (Fsp3) is 0.261. The van der Waals surface area contributed by atoms with E-state index in [0.717, 1.165) is 28.0 Å². The van der Waals surface area contributed by atoms with Crippen LogP contribution in [0.2, 0.25) is 0 Å². The Kier molecular flexibility index (Phi) is 7.20. The number of methoxy groups -OCH3 is 1. The fourth-order valence-electron chi connectivity index (χ4n) is 3.55. The number of hydrogen-bond donors (Lipinski definition) is 1. The maximum absolute atomic E-state index is 12.4. The number of rotatable bonds is 8. The van der Waals surface area contributed by atoms with Crippen molar-refractivity contribution in [2.24, 2.45) is 0 Å². The topological polar surface area (TPSA) is 81.7 Å². The van der Waals surface area contributed by atoms with Gasteiger partial charge >= 0.3 is 5.97 Å². The average molecular weight is 490 g/mol. The first-order chi connectivity index (χ1) is 15.5. The van der Waals surface area contributed by atoms with Gasteiger partial charge in [-0.1, -0.05) is 42.5 Å². The number of thiophene rings is 1. The van der Waals surface area contributed by atoms with Crippen molar-refractivity contribution >= 4 is 39.1 Å². The van der Waals surface area contributed by atoms with Crippen LogP contribution in [-0.4, -0.2) is 33.8 Å². The van der Waals surface area contributed by atoms with Crippen molar-refractivity contribution in [1.82, 2.24) is 4.72 Å². The summed E-state index contributed by atoms with van der Waals surface area (Å²) in [7, 11) is -2.12. The number of fused-ring (bicyclic) bond motifs is 2. The monoisotopic (exact) mass is 489 g/mol. The second-order valence-corrected chi connectivity index (χ2v) is 11.3. The molecule has 1 unspecified atom stereocenters. The number of ether oxygens (including phenoxy) is 2. The highest BCUT2D eigenvalue weighted by Gasteiger charge is 2.26. The quantitative estimate of drug-likeness (QED) is 0.378. The molecule has 1 N–H and O–H groups in total. The summed E-state index contributed by atoms with van der Waals surface area (Å²) in [4.78, 5) is 11.8. The predicted molar refractivity (Wildman–Crippen MR) is 127 cm³/mol. The van der Waals surface area contributed by atoms with Crippen molar-refractivity contribution in [3.05, 3.63) is 82.2 Å². The smallest absolute Gasteiger partial charge is 0.309 e. The van der Waals surface area contributed by atoms with Crippen LogP contribution >= 0.6 is 23.1 Å². The third-order valence-electron chi connectivity index (χ3n) is 5.09. The standard InChI is InChI=1S/C23H23NO5S3/c1-28-21(25)14-16-8-9-20-19(13-16)23(18-6-3-2-5-17(18)15-29-20)31-12-10-24-32(26,27)22-7-4-11-30-22/h2-9,11,13,23-24H,10,12,14-15H2,1H3. The van der Waals surface area contributed by atoms with E-state index in [4.69, 9.17) is 9.47 Å². The Balaban J connectivity index is 1.56.